The van der Waals surface area contributed by atoms with Gasteiger partial charge in [-0.25, -0.2) is 4.39 Å². The molecule has 0 spiro atoms. The predicted octanol–water partition coefficient (Wildman–Crippen LogP) is 4.70. The third kappa shape index (κ3) is 7.89. The van der Waals surface area contributed by atoms with Crippen LogP contribution in [-0.4, -0.2) is 18.9 Å². The van der Waals surface area contributed by atoms with Gasteiger partial charge in [0.1, 0.15) is 5.82 Å². The van der Waals surface area contributed by atoms with Gasteiger partial charge in [-0.15, -0.1) is 37.1 Å². The van der Waals surface area contributed by atoms with Crippen molar-refractivity contribution in [1.82, 2.24) is 0 Å². The molecule has 142 valence electrons. The van der Waals surface area contributed by atoms with Crippen molar-refractivity contribution in [1.29, 1.82) is 0 Å². The Hall–Kier alpha value is -2.04. The Morgan fingerprint density at radius 3 is 2.54 bits per heavy atom. The second-order valence-electron chi connectivity index (χ2n) is 5.17. The molecule has 0 atom stereocenters. The molecular formula is C17H18F4IN3O. The van der Waals surface area contributed by atoms with E-state index in [4.69, 9.17) is 5.73 Å². The second kappa shape index (κ2) is 10.2. The molecule has 9 heteroatoms. The van der Waals surface area contributed by atoms with Crippen molar-refractivity contribution in [2.24, 2.45) is 10.7 Å². The first kappa shape index (κ1) is 22.0. The fraction of sp³-hybridized carbons (Fsp3) is 0.235. The second-order valence-corrected chi connectivity index (χ2v) is 5.17. The van der Waals surface area contributed by atoms with Gasteiger partial charge in [0.2, 0.25) is 0 Å². The number of hydrogen-bond acceptors (Lipinski definition) is 2. The Morgan fingerprint density at radius 1 is 1.12 bits per heavy atom. The van der Waals surface area contributed by atoms with Crippen molar-refractivity contribution in [2.45, 2.75) is 19.2 Å². The van der Waals surface area contributed by atoms with Crippen LogP contribution >= 0.6 is 24.0 Å². The van der Waals surface area contributed by atoms with Gasteiger partial charge in [-0.2, -0.15) is 0 Å². The number of anilines is 1. The summed E-state index contributed by atoms with van der Waals surface area (Å²) in [6.45, 7) is 0.345. The number of guanidine groups is 1. The molecule has 0 fully saturated rings. The van der Waals surface area contributed by atoms with Gasteiger partial charge >= 0.3 is 6.36 Å². The van der Waals surface area contributed by atoms with Crippen LogP contribution in [0.15, 0.2) is 53.5 Å². The van der Waals surface area contributed by atoms with E-state index in [-0.39, 0.29) is 41.4 Å². The lowest BCUT2D eigenvalue weighted by atomic mass is 10.1. The molecule has 2 aromatic carbocycles. The summed E-state index contributed by atoms with van der Waals surface area (Å²) < 4.78 is 54.0. The smallest absolute Gasteiger partial charge is 0.404 e. The Balaban J connectivity index is 0.00000338. The van der Waals surface area contributed by atoms with Crippen LogP contribution in [0.4, 0.5) is 23.2 Å². The summed E-state index contributed by atoms with van der Waals surface area (Å²) in [5.41, 5.74) is 6.58. The fourth-order valence-corrected chi connectivity index (χ4v) is 2.14. The van der Waals surface area contributed by atoms with Gasteiger partial charge in [0.15, 0.2) is 11.7 Å². The zero-order valence-corrected chi connectivity index (χ0v) is 15.9. The molecule has 2 aromatic rings. The quantitative estimate of drug-likeness (QED) is 0.206. The van der Waals surface area contributed by atoms with Gasteiger partial charge < -0.3 is 15.8 Å². The van der Waals surface area contributed by atoms with Crippen molar-refractivity contribution in [3.05, 3.63) is 59.9 Å². The Morgan fingerprint density at radius 2 is 1.85 bits per heavy atom. The summed E-state index contributed by atoms with van der Waals surface area (Å²) in [7, 11) is 0. The molecule has 0 aliphatic rings. The molecule has 0 aromatic heterocycles. The Bertz CT molecular complexity index is 738. The average Bonchev–Trinajstić information content (AvgIpc) is 2.52. The van der Waals surface area contributed by atoms with E-state index < -0.39 is 12.1 Å². The van der Waals surface area contributed by atoms with Crippen LogP contribution in [-0.2, 0) is 6.42 Å². The van der Waals surface area contributed by atoms with Gasteiger partial charge in [-0.3, -0.25) is 4.99 Å². The first-order chi connectivity index (χ1) is 11.8. The molecule has 0 amide bonds. The summed E-state index contributed by atoms with van der Waals surface area (Å²) in [6.07, 6.45) is -3.57. The molecule has 3 N–H and O–H groups in total. The van der Waals surface area contributed by atoms with E-state index in [0.29, 0.717) is 19.4 Å². The number of aryl methyl sites for hydroxylation is 1. The first-order valence-electron chi connectivity index (χ1n) is 7.49. The lowest BCUT2D eigenvalue weighted by Crippen LogP contribution is -2.24. The molecule has 0 heterocycles. The number of rotatable bonds is 6. The van der Waals surface area contributed by atoms with E-state index in [1.54, 1.807) is 18.2 Å². The molecule has 0 aliphatic heterocycles. The maximum absolute atomic E-state index is 13.1. The van der Waals surface area contributed by atoms with E-state index in [0.717, 1.165) is 5.56 Å². The van der Waals surface area contributed by atoms with Crippen molar-refractivity contribution < 1.29 is 22.3 Å². The highest BCUT2D eigenvalue weighted by molar-refractivity contribution is 14.0. The van der Waals surface area contributed by atoms with Crippen molar-refractivity contribution >= 4 is 35.6 Å². The lowest BCUT2D eigenvalue weighted by molar-refractivity contribution is -0.274. The molecule has 2 rings (SSSR count). The number of halogens is 5. The molecule has 0 saturated carbocycles. The number of nitrogens with zero attached hydrogens (tertiary/aromatic N) is 1. The number of nitrogens with two attached hydrogens (primary N) is 1. The molecule has 0 bridgehead atoms. The van der Waals surface area contributed by atoms with Crippen LogP contribution in [0, 0.1) is 5.82 Å². The Labute approximate surface area is 165 Å². The number of hydrogen-bond donors (Lipinski definition) is 2. The molecule has 0 unspecified atom stereocenters. The zero-order chi connectivity index (χ0) is 18.3. The number of ether oxygens (including phenoxy) is 1. The van der Waals surface area contributed by atoms with Crippen LogP contribution in [0.3, 0.4) is 0 Å². The summed E-state index contributed by atoms with van der Waals surface area (Å²) >= 11 is 0. The van der Waals surface area contributed by atoms with E-state index >= 15 is 0 Å². The molecule has 0 saturated heterocycles. The van der Waals surface area contributed by atoms with Gasteiger partial charge in [0.25, 0.3) is 0 Å². The highest BCUT2D eigenvalue weighted by Gasteiger charge is 2.32. The first-order valence-corrected chi connectivity index (χ1v) is 7.49. The maximum atomic E-state index is 13.1. The molecule has 0 aliphatic carbocycles. The standard InChI is InChI=1S/C17H17F4N3O.HI/c18-13-7-3-5-12(11-13)6-4-10-23-16(22)24-14-8-1-2-9-15(14)25-17(19,20)21;/h1-3,5,7-9,11H,4,6,10H2,(H3,22,23,24);1H. The third-order valence-electron chi connectivity index (χ3n) is 3.17. The van der Waals surface area contributed by atoms with Gasteiger partial charge in [-0.05, 0) is 42.7 Å². The average molecular weight is 483 g/mol. The number of aliphatic imine (C=N–C) groups is 1. The van der Waals surface area contributed by atoms with Gasteiger partial charge in [0.05, 0.1) is 5.69 Å². The lowest BCUT2D eigenvalue weighted by Gasteiger charge is -2.14. The van der Waals surface area contributed by atoms with Crippen LogP contribution in [0.5, 0.6) is 5.75 Å². The minimum Gasteiger partial charge on any atom is -0.404 e. The van der Waals surface area contributed by atoms with Gasteiger partial charge in [-0.1, -0.05) is 24.3 Å². The summed E-state index contributed by atoms with van der Waals surface area (Å²) in [4.78, 5) is 4.05. The van der Waals surface area contributed by atoms with Crippen molar-refractivity contribution in [3.8, 4) is 5.75 Å². The fourth-order valence-electron chi connectivity index (χ4n) is 2.14. The normalized spacial score (nSPS) is 11.6. The van der Waals surface area contributed by atoms with Crippen LogP contribution < -0.4 is 15.8 Å². The minimum absolute atomic E-state index is 0. The van der Waals surface area contributed by atoms with E-state index in [1.807, 2.05) is 0 Å². The highest BCUT2D eigenvalue weighted by Crippen LogP contribution is 2.29. The molecule has 26 heavy (non-hydrogen) atoms. The van der Waals surface area contributed by atoms with Crippen LogP contribution in [0.25, 0.3) is 0 Å². The summed E-state index contributed by atoms with van der Waals surface area (Å²) in [5.74, 6) is -0.728. The molecule has 4 nitrogen and oxygen atoms in total. The number of alkyl halides is 3. The minimum atomic E-state index is -4.80. The monoisotopic (exact) mass is 483 g/mol. The van der Waals surface area contributed by atoms with Crippen LogP contribution in [0.2, 0.25) is 0 Å². The Kier molecular flexibility index (Phi) is 8.62. The molecular weight excluding hydrogens is 465 g/mol. The van der Waals surface area contributed by atoms with Crippen molar-refractivity contribution in [2.75, 3.05) is 11.9 Å². The van der Waals surface area contributed by atoms with E-state index in [1.165, 1.54) is 30.3 Å². The summed E-state index contributed by atoms with van der Waals surface area (Å²) in [5, 5.41) is 2.58. The summed E-state index contributed by atoms with van der Waals surface area (Å²) in [6, 6.07) is 11.8. The molecule has 0 radical (unpaired) electrons. The van der Waals surface area contributed by atoms with E-state index in [9.17, 15) is 17.6 Å². The SMILES string of the molecule is I.NC(=NCCCc1cccc(F)c1)Nc1ccccc1OC(F)(F)F. The van der Waals surface area contributed by atoms with E-state index in [2.05, 4.69) is 15.0 Å². The number of benzene rings is 2. The van der Waals surface area contributed by atoms with Crippen molar-refractivity contribution in [3.63, 3.8) is 0 Å². The van der Waals surface area contributed by atoms with Crippen LogP contribution in [0.1, 0.15) is 12.0 Å². The predicted molar refractivity (Wildman–Crippen MR) is 103 cm³/mol. The zero-order valence-electron chi connectivity index (χ0n) is 13.6. The number of para-hydroxylation sites is 2. The number of nitrogens with one attached hydrogen (secondary N) is 1. The maximum Gasteiger partial charge on any atom is 0.573 e. The highest BCUT2D eigenvalue weighted by atomic mass is 127. The third-order valence-corrected chi connectivity index (χ3v) is 3.17. The van der Waals surface area contributed by atoms with Gasteiger partial charge in [0, 0.05) is 6.54 Å². The largest absolute Gasteiger partial charge is 0.573 e. The topological polar surface area (TPSA) is 59.6 Å².